The van der Waals surface area contributed by atoms with Crippen molar-refractivity contribution in [3.05, 3.63) is 12.7 Å². The second-order valence-electron chi connectivity index (χ2n) is 9.14. The molecule has 4 nitrogen and oxygen atoms in total. The van der Waals surface area contributed by atoms with E-state index in [2.05, 4.69) is 16.1 Å². The summed E-state index contributed by atoms with van der Waals surface area (Å²) in [6, 6.07) is 0. The molecule has 31 heteroatoms. The van der Waals surface area contributed by atoms with Crippen molar-refractivity contribution < 1.29 is 138 Å². The first-order valence-corrected chi connectivity index (χ1v) is 11.1. The smallest absolute Gasteiger partial charge is 0.438 e. The van der Waals surface area contributed by atoms with Gasteiger partial charge < -0.3 is 14.6 Å². The molecule has 0 aliphatic rings. The van der Waals surface area contributed by atoms with Crippen LogP contribution < -0.4 is 0 Å². The van der Waals surface area contributed by atoms with Crippen LogP contribution in [0.2, 0.25) is 0 Å². The summed E-state index contributed by atoms with van der Waals surface area (Å²) in [5.74, 6) is -87.7. The highest BCUT2D eigenvalue weighted by Crippen LogP contribution is 2.69. The number of hydrogen-bond acceptors (Lipinski definition) is 4. The Hall–Kier alpha value is -2.76. The Labute approximate surface area is 254 Å². The fourth-order valence-corrected chi connectivity index (χ4v) is 2.87. The van der Waals surface area contributed by atoms with Crippen molar-refractivity contribution in [2.45, 2.75) is 83.5 Å². The highest BCUT2D eigenvalue weighted by atomic mass is 19.4. The minimum Gasteiger partial charge on any atom is -0.460 e. The maximum atomic E-state index is 13.9. The predicted octanol–water partition coefficient (Wildman–Crippen LogP) is 8.24. The standard InChI is InChI=1S/C19H9F27O4/c1-2-6(48)49-3-5(47)4-50-19(45,46)16(37,38)15(35,36)14(33,34)13(31,32)12(29,30)11(27,28)10(25,26)9(23,24)8(21,22)7(20,17(39,40)41)18(42,43)44/h2,5,47H,1,3-4H2. The van der Waals surface area contributed by atoms with Crippen LogP contribution in [0.5, 0.6) is 0 Å². The van der Waals surface area contributed by atoms with Crippen LogP contribution in [0.3, 0.4) is 0 Å². The normalized spacial score (nSPS) is 16.7. The molecule has 1 unspecified atom stereocenters. The quantitative estimate of drug-likeness (QED) is 0.0970. The van der Waals surface area contributed by atoms with E-state index in [0.717, 1.165) is 0 Å². The first-order chi connectivity index (χ1) is 21.3. The van der Waals surface area contributed by atoms with Crippen LogP contribution in [0.4, 0.5) is 119 Å². The van der Waals surface area contributed by atoms with Gasteiger partial charge in [-0.25, -0.2) is 9.18 Å². The van der Waals surface area contributed by atoms with Crippen LogP contribution in [0, 0.1) is 0 Å². The fourth-order valence-electron chi connectivity index (χ4n) is 2.87. The molecule has 298 valence electrons. The van der Waals surface area contributed by atoms with E-state index in [-0.39, 0.29) is 6.08 Å². The Morgan fingerprint density at radius 3 is 1.00 bits per heavy atom. The Morgan fingerprint density at radius 1 is 0.480 bits per heavy atom. The number of hydrogen-bond donors (Lipinski definition) is 1. The summed E-state index contributed by atoms with van der Waals surface area (Å²) in [7, 11) is 0. The SMILES string of the molecule is C=CC(=O)OCC(O)COC(F)(F)C(F)(F)C(F)(F)C(F)(F)C(F)(F)C(F)(F)C(F)(F)C(F)(F)C(F)(F)C(F)(F)C(F)(C(F)(F)F)C(F)(F)F. The third kappa shape index (κ3) is 6.33. The van der Waals surface area contributed by atoms with E-state index < -0.39 is 103 Å². The summed E-state index contributed by atoms with van der Waals surface area (Å²) in [5.41, 5.74) is -9.26. The van der Waals surface area contributed by atoms with Crippen LogP contribution in [-0.4, -0.2) is 108 Å². The van der Waals surface area contributed by atoms with Crippen LogP contribution in [0.1, 0.15) is 0 Å². The molecule has 0 spiro atoms. The van der Waals surface area contributed by atoms with Crippen LogP contribution in [0.15, 0.2) is 12.7 Å². The number of aliphatic hydroxyl groups excluding tert-OH is 1. The molecule has 0 saturated carbocycles. The number of carbonyl (C=O) groups is 1. The molecule has 50 heavy (non-hydrogen) atoms. The van der Waals surface area contributed by atoms with Gasteiger partial charge in [-0.3, -0.25) is 0 Å². The van der Waals surface area contributed by atoms with E-state index in [1.54, 1.807) is 0 Å². The van der Waals surface area contributed by atoms with Gasteiger partial charge in [0, 0.05) is 6.08 Å². The molecule has 0 radical (unpaired) electrons. The Kier molecular flexibility index (Phi) is 12.0. The lowest BCUT2D eigenvalue weighted by Gasteiger charge is -2.46. The molecule has 0 bridgehead atoms. The van der Waals surface area contributed by atoms with Crippen LogP contribution in [-0.2, 0) is 14.3 Å². The minimum absolute atomic E-state index is 0.236. The third-order valence-corrected chi connectivity index (χ3v) is 5.78. The first-order valence-electron chi connectivity index (χ1n) is 11.1. The first kappa shape index (κ1) is 47.2. The number of alkyl halides is 27. The largest absolute Gasteiger partial charge is 0.460 e. The molecule has 0 heterocycles. The van der Waals surface area contributed by atoms with Gasteiger partial charge in [-0.1, -0.05) is 6.58 Å². The van der Waals surface area contributed by atoms with Gasteiger partial charge in [-0.05, 0) is 0 Å². The van der Waals surface area contributed by atoms with Crippen molar-refractivity contribution in [3.8, 4) is 0 Å². The summed E-state index contributed by atoms with van der Waals surface area (Å²) in [4.78, 5) is 10.7. The average molecular weight is 814 g/mol. The number of aliphatic hydroxyl groups is 1. The van der Waals surface area contributed by atoms with Gasteiger partial charge >= 0.3 is 83.4 Å². The van der Waals surface area contributed by atoms with E-state index in [0.29, 0.717) is 0 Å². The van der Waals surface area contributed by atoms with E-state index in [4.69, 9.17) is 5.11 Å². The zero-order valence-corrected chi connectivity index (χ0v) is 22.2. The molecule has 0 aliphatic heterocycles. The van der Waals surface area contributed by atoms with E-state index >= 15 is 0 Å². The Balaban J connectivity index is 7.21. The molecular weight excluding hydrogens is 805 g/mol. The van der Waals surface area contributed by atoms with Crippen LogP contribution >= 0.6 is 0 Å². The van der Waals surface area contributed by atoms with Crippen molar-refractivity contribution in [1.29, 1.82) is 0 Å². The lowest BCUT2D eigenvalue weighted by Crippen LogP contribution is -2.79. The molecule has 0 aromatic rings. The summed E-state index contributed by atoms with van der Waals surface area (Å²) in [6.45, 7) is -1.62. The van der Waals surface area contributed by atoms with Gasteiger partial charge in [-0.2, -0.15) is 114 Å². The van der Waals surface area contributed by atoms with Gasteiger partial charge in [0.1, 0.15) is 12.7 Å². The van der Waals surface area contributed by atoms with Gasteiger partial charge in [-0.15, -0.1) is 0 Å². The zero-order valence-electron chi connectivity index (χ0n) is 22.2. The van der Waals surface area contributed by atoms with Crippen LogP contribution in [0.25, 0.3) is 0 Å². The lowest BCUT2D eigenvalue weighted by molar-refractivity contribution is -0.492. The van der Waals surface area contributed by atoms with Crippen molar-refractivity contribution in [1.82, 2.24) is 0 Å². The second-order valence-corrected chi connectivity index (χ2v) is 9.14. The molecule has 0 aliphatic carbocycles. The maximum Gasteiger partial charge on any atom is 0.438 e. The highest BCUT2D eigenvalue weighted by Gasteiger charge is 3.01. The van der Waals surface area contributed by atoms with Crippen molar-refractivity contribution >= 4 is 5.97 Å². The molecule has 0 aromatic heterocycles. The van der Waals surface area contributed by atoms with E-state index in [1.807, 2.05) is 0 Å². The highest BCUT2D eigenvalue weighted by molar-refractivity contribution is 5.81. The van der Waals surface area contributed by atoms with Crippen molar-refractivity contribution in [2.75, 3.05) is 13.2 Å². The summed E-state index contributed by atoms with van der Waals surface area (Å²) < 4.78 is 370. The summed E-state index contributed by atoms with van der Waals surface area (Å²) in [5, 5.41) is 9.06. The lowest BCUT2D eigenvalue weighted by atomic mass is 9.82. The Morgan fingerprint density at radius 2 is 0.740 bits per heavy atom. The number of carbonyl (C=O) groups excluding carboxylic acids is 1. The number of ether oxygens (including phenoxy) is 2. The molecule has 0 saturated heterocycles. The molecular formula is C19H9F27O4. The summed E-state index contributed by atoms with van der Waals surface area (Å²) in [6.07, 6.45) is -27.7. The van der Waals surface area contributed by atoms with Gasteiger partial charge in [0.05, 0.1) is 6.61 Å². The molecule has 0 fully saturated rings. The maximum absolute atomic E-state index is 13.9. The number of halogens is 27. The molecule has 0 amide bonds. The second kappa shape index (κ2) is 12.7. The van der Waals surface area contributed by atoms with Gasteiger partial charge in [0.2, 0.25) is 0 Å². The molecule has 1 atom stereocenters. The Bertz CT molecular complexity index is 1220. The average Bonchev–Trinajstić information content (AvgIpc) is 2.91. The monoisotopic (exact) mass is 814 g/mol. The topological polar surface area (TPSA) is 55.8 Å². The molecule has 0 rings (SSSR count). The zero-order chi connectivity index (χ0) is 41.2. The molecule has 0 aromatic carbocycles. The van der Waals surface area contributed by atoms with Crippen molar-refractivity contribution in [2.24, 2.45) is 0 Å². The number of esters is 1. The summed E-state index contributed by atoms with van der Waals surface area (Å²) >= 11 is 0. The minimum atomic E-state index is -9.91. The van der Waals surface area contributed by atoms with Crippen molar-refractivity contribution in [3.63, 3.8) is 0 Å². The van der Waals surface area contributed by atoms with Gasteiger partial charge in [0.25, 0.3) is 0 Å². The molecule has 1 N–H and O–H groups in total. The van der Waals surface area contributed by atoms with Gasteiger partial charge in [0.15, 0.2) is 0 Å². The third-order valence-electron chi connectivity index (χ3n) is 5.78. The predicted molar refractivity (Wildman–Crippen MR) is 98.5 cm³/mol. The fraction of sp³-hybridized carbons (Fsp3) is 0.842. The number of rotatable bonds is 16. The van der Waals surface area contributed by atoms with E-state index in [1.165, 1.54) is 0 Å². The van der Waals surface area contributed by atoms with E-state index in [9.17, 15) is 123 Å².